The zero-order chi connectivity index (χ0) is 11.2. The molecule has 0 atom stereocenters. The molecule has 0 spiro atoms. The predicted octanol–water partition coefficient (Wildman–Crippen LogP) is 1.40. The minimum Gasteiger partial charge on any atom is -0.314 e. The molecule has 3 heteroatoms. The largest absolute Gasteiger partial charge is 0.314 e. The van der Waals surface area contributed by atoms with Crippen molar-refractivity contribution in [3.63, 3.8) is 0 Å². The molecule has 82 valence electrons. The van der Waals surface area contributed by atoms with E-state index in [0.29, 0.717) is 0 Å². The Balaban J connectivity index is 0.000000210. The van der Waals surface area contributed by atoms with Crippen molar-refractivity contribution in [2.75, 3.05) is 26.2 Å². The van der Waals surface area contributed by atoms with Crippen LogP contribution in [0.25, 0.3) is 0 Å². The van der Waals surface area contributed by atoms with Crippen LogP contribution in [0.4, 0.5) is 0 Å². The van der Waals surface area contributed by atoms with E-state index in [1.165, 1.54) is 6.92 Å². The van der Waals surface area contributed by atoms with E-state index in [9.17, 15) is 0 Å². The van der Waals surface area contributed by atoms with Crippen LogP contribution in [-0.4, -0.2) is 26.2 Å². The lowest BCUT2D eigenvalue weighted by Crippen LogP contribution is -2.39. The topological polar surface area (TPSA) is 47.8 Å². The molecule has 15 heavy (non-hydrogen) atoms. The van der Waals surface area contributed by atoms with E-state index in [0.717, 1.165) is 26.2 Å². The van der Waals surface area contributed by atoms with E-state index in [4.69, 9.17) is 5.26 Å². The Morgan fingerprint density at radius 3 is 1.13 bits per heavy atom. The van der Waals surface area contributed by atoms with Crippen molar-refractivity contribution in [2.45, 2.75) is 6.92 Å². The number of piperazine rings is 1. The standard InChI is InChI=1S/C6H6.C4H10N2.C2H3N/c1-2-4-6-5-3-1;1-2-6-4-3-5-1;1-2-3/h1-6H;5-6H,1-4H2;1H3. The van der Waals surface area contributed by atoms with E-state index in [1.54, 1.807) is 6.07 Å². The third-order valence-electron chi connectivity index (χ3n) is 1.62. The zero-order valence-corrected chi connectivity index (χ0v) is 9.24. The van der Waals surface area contributed by atoms with Crippen LogP contribution in [-0.2, 0) is 0 Å². The fraction of sp³-hybridized carbons (Fsp3) is 0.417. The third kappa shape index (κ3) is 12.6. The number of nitrogens with one attached hydrogen (secondary N) is 2. The summed E-state index contributed by atoms with van der Waals surface area (Å²) in [6.07, 6.45) is 0. The van der Waals surface area contributed by atoms with Gasteiger partial charge in [-0.2, -0.15) is 5.26 Å². The first-order valence-corrected chi connectivity index (χ1v) is 5.14. The molecule has 0 radical (unpaired) electrons. The molecule has 0 aromatic heterocycles. The van der Waals surface area contributed by atoms with Gasteiger partial charge in [0, 0.05) is 33.1 Å². The van der Waals surface area contributed by atoms with Crippen molar-refractivity contribution >= 4 is 0 Å². The summed E-state index contributed by atoms with van der Waals surface area (Å²) in [5, 5.41) is 13.8. The average Bonchev–Trinajstić information content (AvgIpc) is 2.35. The van der Waals surface area contributed by atoms with Gasteiger partial charge in [0.1, 0.15) is 0 Å². The number of nitrogens with zero attached hydrogens (tertiary/aromatic N) is 1. The van der Waals surface area contributed by atoms with Gasteiger partial charge in [-0.05, 0) is 0 Å². The van der Waals surface area contributed by atoms with E-state index < -0.39 is 0 Å². The van der Waals surface area contributed by atoms with Gasteiger partial charge in [-0.25, -0.2) is 0 Å². The highest BCUT2D eigenvalue weighted by Crippen LogP contribution is 1.79. The normalized spacial score (nSPS) is 13.3. The summed E-state index contributed by atoms with van der Waals surface area (Å²) in [5.41, 5.74) is 0. The number of hydrogen-bond acceptors (Lipinski definition) is 3. The van der Waals surface area contributed by atoms with Gasteiger partial charge in [0.2, 0.25) is 0 Å². The Morgan fingerprint density at radius 1 is 0.800 bits per heavy atom. The van der Waals surface area contributed by atoms with Gasteiger partial charge >= 0.3 is 0 Å². The Bertz CT molecular complexity index is 199. The number of rotatable bonds is 0. The highest BCUT2D eigenvalue weighted by Gasteiger charge is 1.91. The van der Waals surface area contributed by atoms with E-state index in [1.807, 2.05) is 36.4 Å². The molecular formula is C12H19N3. The molecule has 1 aliphatic heterocycles. The Labute approximate surface area is 92.1 Å². The van der Waals surface area contributed by atoms with E-state index in [-0.39, 0.29) is 0 Å². The molecule has 1 aromatic carbocycles. The molecule has 1 aliphatic rings. The molecule has 1 fully saturated rings. The Morgan fingerprint density at radius 2 is 1.00 bits per heavy atom. The van der Waals surface area contributed by atoms with Crippen LogP contribution in [0.1, 0.15) is 6.92 Å². The second-order valence-electron chi connectivity index (χ2n) is 2.88. The van der Waals surface area contributed by atoms with Crippen molar-refractivity contribution in [1.82, 2.24) is 10.6 Å². The Hall–Kier alpha value is -1.37. The summed E-state index contributed by atoms with van der Waals surface area (Å²) in [6.45, 7) is 5.99. The molecular weight excluding hydrogens is 186 g/mol. The van der Waals surface area contributed by atoms with Crippen LogP contribution in [0.2, 0.25) is 0 Å². The monoisotopic (exact) mass is 205 g/mol. The molecule has 0 unspecified atom stereocenters. The first-order chi connectivity index (χ1) is 7.41. The van der Waals surface area contributed by atoms with Crippen molar-refractivity contribution in [2.24, 2.45) is 0 Å². The lowest BCUT2D eigenvalue weighted by atomic mass is 10.4. The first kappa shape index (κ1) is 13.6. The predicted molar refractivity (Wildman–Crippen MR) is 63.5 cm³/mol. The SMILES string of the molecule is C1CNCCN1.CC#N.c1ccccc1. The van der Waals surface area contributed by atoms with Gasteiger partial charge < -0.3 is 10.6 Å². The highest BCUT2D eigenvalue weighted by atomic mass is 15.0. The fourth-order valence-electron chi connectivity index (χ4n) is 0.988. The number of benzene rings is 1. The maximum atomic E-state index is 7.32. The second-order valence-corrected chi connectivity index (χ2v) is 2.88. The zero-order valence-electron chi connectivity index (χ0n) is 9.24. The van der Waals surface area contributed by atoms with Crippen molar-refractivity contribution in [3.8, 4) is 6.07 Å². The molecule has 3 nitrogen and oxygen atoms in total. The third-order valence-corrected chi connectivity index (χ3v) is 1.62. The molecule has 1 heterocycles. The van der Waals surface area contributed by atoms with Crippen LogP contribution < -0.4 is 10.6 Å². The van der Waals surface area contributed by atoms with E-state index >= 15 is 0 Å². The maximum absolute atomic E-state index is 7.32. The molecule has 0 amide bonds. The van der Waals surface area contributed by atoms with Crippen molar-refractivity contribution < 1.29 is 0 Å². The van der Waals surface area contributed by atoms with Crippen molar-refractivity contribution in [1.29, 1.82) is 5.26 Å². The maximum Gasteiger partial charge on any atom is 0.0587 e. The van der Waals surface area contributed by atoms with Crippen LogP contribution in [0, 0.1) is 11.3 Å². The van der Waals surface area contributed by atoms with Gasteiger partial charge in [-0.15, -0.1) is 0 Å². The molecule has 2 N–H and O–H groups in total. The second kappa shape index (κ2) is 12.6. The van der Waals surface area contributed by atoms with Gasteiger partial charge in [0.25, 0.3) is 0 Å². The minimum absolute atomic E-state index is 1.14. The van der Waals surface area contributed by atoms with Gasteiger partial charge in [0.15, 0.2) is 0 Å². The minimum atomic E-state index is 1.14. The van der Waals surface area contributed by atoms with Crippen LogP contribution in [0.3, 0.4) is 0 Å². The fourth-order valence-corrected chi connectivity index (χ4v) is 0.988. The molecule has 0 saturated carbocycles. The number of hydrogen-bond donors (Lipinski definition) is 2. The van der Waals surface area contributed by atoms with Gasteiger partial charge in [-0.1, -0.05) is 36.4 Å². The molecule has 1 aromatic rings. The summed E-state index contributed by atoms with van der Waals surface area (Å²) >= 11 is 0. The average molecular weight is 205 g/mol. The van der Waals surface area contributed by atoms with Crippen LogP contribution in [0.15, 0.2) is 36.4 Å². The first-order valence-electron chi connectivity index (χ1n) is 5.14. The van der Waals surface area contributed by atoms with E-state index in [2.05, 4.69) is 10.6 Å². The summed E-state index contributed by atoms with van der Waals surface area (Å²) in [6, 6.07) is 13.8. The number of nitriles is 1. The summed E-state index contributed by atoms with van der Waals surface area (Å²) in [7, 11) is 0. The molecule has 0 aliphatic carbocycles. The van der Waals surface area contributed by atoms with Crippen LogP contribution >= 0.6 is 0 Å². The quantitative estimate of drug-likeness (QED) is 0.673. The molecule has 2 rings (SSSR count). The summed E-state index contributed by atoms with van der Waals surface area (Å²) < 4.78 is 0. The highest BCUT2D eigenvalue weighted by molar-refractivity contribution is 4.99. The smallest absolute Gasteiger partial charge is 0.0587 e. The summed E-state index contributed by atoms with van der Waals surface area (Å²) in [4.78, 5) is 0. The van der Waals surface area contributed by atoms with Crippen molar-refractivity contribution in [3.05, 3.63) is 36.4 Å². The van der Waals surface area contributed by atoms with Gasteiger partial charge in [-0.3, -0.25) is 0 Å². The summed E-state index contributed by atoms with van der Waals surface area (Å²) in [5.74, 6) is 0. The molecule has 0 bridgehead atoms. The van der Waals surface area contributed by atoms with Gasteiger partial charge in [0.05, 0.1) is 6.07 Å². The lowest BCUT2D eigenvalue weighted by Gasteiger charge is -2.11. The Kier molecular flexibility index (Phi) is 11.5. The lowest BCUT2D eigenvalue weighted by molar-refractivity contribution is 0.534. The molecule has 1 saturated heterocycles. The van der Waals surface area contributed by atoms with Crippen LogP contribution in [0.5, 0.6) is 0 Å².